The highest BCUT2D eigenvalue weighted by molar-refractivity contribution is 5.77. The Hall–Kier alpha value is -3.54. The summed E-state index contributed by atoms with van der Waals surface area (Å²) in [6.07, 6.45) is 0.979. The van der Waals surface area contributed by atoms with E-state index in [9.17, 15) is 9.18 Å². The van der Waals surface area contributed by atoms with E-state index in [-0.39, 0.29) is 24.3 Å². The number of nitrogens with one attached hydrogen (secondary N) is 1. The van der Waals surface area contributed by atoms with Gasteiger partial charge in [-0.1, -0.05) is 42.5 Å². The van der Waals surface area contributed by atoms with Crippen LogP contribution >= 0.6 is 0 Å². The van der Waals surface area contributed by atoms with Gasteiger partial charge in [0, 0.05) is 38.6 Å². The molecule has 0 aromatic heterocycles. The van der Waals surface area contributed by atoms with Crippen LogP contribution in [-0.4, -0.2) is 39.7 Å². The van der Waals surface area contributed by atoms with Crippen LogP contribution in [0, 0.1) is 5.82 Å². The second kappa shape index (κ2) is 9.73. The number of carbonyl (C=O) groups is 1. The highest BCUT2D eigenvalue weighted by Gasteiger charge is 2.27. The SMILES string of the molecule is CN(C)c1ccc([C@H](CNC(=O)COc2ccccc2F)N2CCc3ccccc32)cc1. The average molecular weight is 434 g/mol. The maximum Gasteiger partial charge on any atom is 0.258 e. The molecule has 32 heavy (non-hydrogen) atoms. The van der Waals surface area contributed by atoms with Crippen molar-refractivity contribution < 1.29 is 13.9 Å². The van der Waals surface area contributed by atoms with Crippen LogP contribution in [0.5, 0.6) is 5.75 Å². The van der Waals surface area contributed by atoms with E-state index in [0.717, 1.165) is 24.2 Å². The molecule has 6 heteroatoms. The maximum atomic E-state index is 13.7. The molecule has 1 aliphatic heterocycles. The molecule has 1 heterocycles. The Morgan fingerprint density at radius 3 is 2.53 bits per heavy atom. The molecule has 0 saturated heterocycles. The lowest BCUT2D eigenvalue weighted by Gasteiger charge is -2.31. The zero-order chi connectivity index (χ0) is 22.5. The van der Waals surface area contributed by atoms with Gasteiger partial charge in [0.1, 0.15) is 0 Å². The Labute approximate surface area is 188 Å². The number of para-hydroxylation sites is 2. The molecule has 166 valence electrons. The number of carbonyl (C=O) groups excluding carboxylic acids is 1. The summed E-state index contributed by atoms with van der Waals surface area (Å²) in [5.74, 6) is -0.685. The van der Waals surface area contributed by atoms with Gasteiger partial charge in [0.2, 0.25) is 0 Å². The van der Waals surface area contributed by atoms with E-state index < -0.39 is 5.82 Å². The van der Waals surface area contributed by atoms with E-state index in [4.69, 9.17) is 4.74 Å². The Morgan fingerprint density at radius 2 is 1.78 bits per heavy atom. The fourth-order valence-corrected chi connectivity index (χ4v) is 4.06. The fourth-order valence-electron chi connectivity index (χ4n) is 4.06. The Morgan fingerprint density at radius 1 is 1.06 bits per heavy atom. The van der Waals surface area contributed by atoms with Crippen LogP contribution in [0.2, 0.25) is 0 Å². The van der Waals surface area contributed by atoms with Crippen molar-refractivity contribution in [1.82, 2.24) is 5.32 Å². The van der Waals surface area contributed by atoms with Gasteiger partial charge in [0.25, 0.3) is 5.91 Å². The molecule has 0 unspecified atom stereocenters. The topological polar surface area (TPSA) is 44.8 Å². The summed E-state index contributed by atoms with van der Waals surface area (Å²) in [4.78, 5) is 16.9. The number of ether oxygens (including phenoxy) is 1. The van der Waals surface area contributed by atoms with Crippen LogP contribution in [0.1, 0.15) is 17.2 Å². The lowest BCUT2D eigenvalue weighted by atomic mass is 10.0. The van der Waals surface area contributed by atoms with Crippen LogP contribution in [0.25, 0.3) is 0 Å². The zero-order valence-electron chi connectivity index (χ0n) is 18.4. The minimum atomic E-state index is -0.479. The first kappa shape index (κ1) is 21.7. The first-order chi connectivity index (χ1) is 15.5. The van der Waals surface area contributed by atoms with E-state index in [1.165, 1.54) is 23.4 Å². The molecule has 1 amide bonds. The van der Waals surface area contributed by atoms with Gasteiger partial charge in [-0.05, 0) is 47.9 Å². The molecule has 1 aliphatic rings. The maximum absolute atomic E-state index is 13.7. The summed E-state index contributed by atoms with van der Waals surface area (Å²) >= 11 is 0. The van der Waals surface area contributed by atoms with Crippen molar-refractivity contribution in [1.29, 1.82) is 0 Å². The number of fused-ring (bicyclic) bond motifs is 1. The number of halogens is 1. The highest BCUT2D eigenvalue weighted by Crippen LogP contribution is 2.35. The van der Waals surface area contributed by atoms with Crippen molar-refractivity contribution in [3.8, 4) is 5.75 Å². The third-order valence-corrected chi connectivity index (χ3v) is 5.78. The molecule has 0 saturated carbocycles. The van der Waals surface area contributed by atoms with Gasteiger partial charge >= 0.3 is 0 Å². The lowest BCUT2D eigenvalue weighted by molar-refractivity contribution is -0.123. The summed E-state index contributed by atoms with van der Waals surface area (Å²) in [5, 5.41) is 2.98. The van der Waals surface area contributed by atoms with Gasteiger partial charge in [-0.25, -0.2) is 4.39 Å². The number of benzene rings is 3. The van der Waals surface area contributed by atoms with Gasteiger partial charge < -0.3 is 19.9 Å². The Bertz CT molecular complexity index is 1070. The second-order valence-electron chi connectivity index (χ2n) is 8.10. The number of rotatable bonds is 8. The average Bonchev–Trinajstić information content (AvgIpc) is 3.23. The van der Waals surface area contributed by atoms with Crippen molar-refractivity contribution in [2.45, 2.75) is 12.5 Å². The molecule has 4 rings (SSSR count). The van der Waals surface area contributed by atoms with Gasteiger partial charge in [-0.2, -0.15) is 0 Å². The molecule has 3 aromatic carbocycles. The molecule has 5 nitrogen and oxygen atoms in total. The molecular formula is C26H28FN3O2. The highest BCUT2D eigenvalue weighted by atomic mass is 19.1. The van der Waals surface area contributed by atoms with E-state index in [1.54, 1.807) is 12.1 Å². The molecule has 0 radical (unpaired) electrons. The molecule has 0 spiro atoms. The summed E-state index contributed by atoms with van der Waals surface area (Å²) in [6.45, 7) is 1.08. The third kappa shape index (κ3) is 4.85. The van der Waals surface area contributed by atoms with Gasteiger partial charge in [-0.15, -0.1) is 0 Å². The predicted molar refractivity (Wildman–Crippen MR) is 126 cm³/mol. The van der Waals surface area contributed by atoms with Crippen LogP contribution in [0.3, 0.4) is 0 Å². The molecule has 1 atom stereocenters. The van der Waals surface area contributed by atoms with Gasteiger partial charge in [-0.3, -0.25) is 4.79 Å². The fraction of sp³-hybridized carbons (Fsp3) is 0.269. The van der Waals surface area contributed by atoms with E-state index in [1.807, 2.05) is 20.2 Å². The summed E-state index contributed by atoms with van der Waals surface area (Å²) in [7, 11) is 4.03. The van der Waals surface area contributed by atoms with E-state index in [0.29, 0.717) is 6.54 Å². The number of anilines is 2. The second-order valence-corrected chi connectivity index (χ2v) is 8.10. The summed E-state index contributed by atoms with van der Waals surface area (Å²) < 4.78 is 19.1. The van der Waals surface area contributed by atoms with Crippen molar-refractivity contribution in [2.24, 2.45) is 0 Å². The van der Waals surface area contributed by atoms with E-state index in [2.05, 4.69) is 57.6 Å². The van der Waals surface area contributed by atoms with Crippen molar-refractivity contribution in [2.75, 3.05) is 43.6 Å². The van der Waals surface area contributed by atoms with Crippen LogP contribution < -0.4 is 19.9 Å². The van der Waals surface area contributed by atoms with Crippen molar-refractivity contribution in [3.05, 3.63) is 89.7 Å². The first-order valence-electron chi connectivity index (χ1n) is 10.8. The van der Waals surface area contributed by atoms with E-state index >= 15 is 0 Å². The minimum absolute atomic E-state index is 0.0210. The molecular weight excluding hydrogens is 405 g/mol. The lowest BCUT2D eigenvalue weighted by Crippen LogP contribution is -2.39. The molecule has 1 N–H and O–H groups in total. The first-order valence-corrected chi connectivity index (χ1v) is 10.8. The molecule has 3 aromatic rings. The summed E-state index contributed by atoms with van der Waals surface area (Å²) in [6, 6.07) is 22.9. The Balaban J connectivity index is 1.48. The van der Waals surface area contributed by atoms with Crippen LogP contribution in [0.15, 0.2) is 72.8 Å². The largest absolute Gasteiger partial charge is 0.481 e. The van der Waals surface area contributed by atoms with Crippen molar-refractivity contribution in [3.63, 3.8) is 0 Å². The number of hydrogen-bond acceptors (Lipinski definition) is 4. The third-order valence-electron chi connectivity index (χ3n) is 5.78. The normalized spacial score (nSPS) is 13.4. The monoisotopic (exact) mass is 433 g/mol. The standard InChI is InChI=1S/C26H28FN3O2/c1-29(2)21-13-11-20(12-14-21)24(30-16-15-19-7-3-5-9-23(19)30)17-28-26(31)18-32-25-10-6-4-8-22(25)27/h3-14,24H,15-18H2,1-2H3,(H,28,31)/t24-/m0/s1. The quantitative estimate of drug-likeness (QED) is 0.579. The van der Waals surface area contributed by atoms with Gasteiger partial charge in [0.05, 0.1) is 6.04 Å². The minimum Gasteiger partial charge on any atom is -0.481 e. The predicted octanol–water partition coefficient (Wildman–Crippen LogP) is 4.19. The molecule has 0 bridgehead atoms. The summed E-state index contributed by atoms with van der Waals surface area (Å²) in [5.41, 5.74) is 4.77. The van der Waals surface area contributed by atoms with Gasteiger partial charge in [0.15, 0.2) is 18.2 Å². The van der Waals surface area contributed by atoms with Crippen LogP contribution in [-0.2, 0) is 11.2 Å². The number of nitrogens with zero attached hydrogens (tertiary/aromatic N) is 2. The Kier molecular flexibility index (Phi) is 6.59. The smallest absolute Gasteiger partial charge is 0.258 e. The van der Waals surface area contributed by atoms with Crippen molar-refractivity contribution >= 4 is 17.3 Å². The number of amides is 1. The zero-order valence-corrected chi connectivity index (χ0v) is 18.4. The molecule has 0 aliphatic carbocycles. The number of hydrogen-bond donors (Lipinski definition) is 1. The molecule has 0 fully saturated rings. The van der Waals surface area contributed by atoms with Crippen LogP contribution in [0.4, 0.5) is 15.8 Å².